The molecule has 28 heavy (non-hydrogen) atoms. The van der Waals surface area contributed by atoms with Crippen LogP contribution in [-0.4, -0.2) is 60.6 Å². The minimum atomic E-state index is -3.89. The molecule has 1 aliphatic rings. The first-order valence-corrected chi connectivity index (χ1v) is 10.9. The fraction of sp³-hybridized carbons (Fsp3) is 0.471. The molecule has 0 radical (unpaired) electrons. The first-order valence-electron chi connectivity index (χ1n) is 8.65. The summed E-state index contributed by atoms with van der Waals surface area (Å²) in [6.45, 7) is 6.86. The monoisotopic (exact) mass is 426 g/mol. The van der Waals surface area contributed by atoms with Gasteiger partial charge in [-0.1, -0.05) is 20.8 Å². The molecule has 2 aromatic rings. The van der Waals surface area contributed by atoms with Crippen LogP contribution in [0.25, 0.3) is 0 Å². The average molecular weight is 427 g/mol. The smallest absolute Gasteiger partial charge is 0.284 e. The zero-order valence-electron chi connectivity index (χ0n) is 15.8. The lowest BCUT2D eigenvalue weighted by Crippen LogP contribution is -2.50. The van der Waals surface area contributed by atoms with Gasteiger partial charge in [0.05, 0.1) is 11.2 Å². The van der Waals surface area contributed by atoms with E-state index in [4.69, 9.17) is 10.2 Å². The fourth-order valence-corrected chi connectivity index (χ4v) is 5.00. The van der Waals surface area contributed by atoms with Crippen LogP contribution in [0.1, 0.15) is 46.0 Å². The number of aromatic nitrogens is 1. The third kappa shape index (κ3) is 3.96. The van der Waals surface area contributed by atoms with Crippen LogP contribution in [0.2, 0.25) is 0 Å². The topological polar surface area (TPSA) is 127 Å². The van der Waals surface area contributed by atoms with Crippen LogP contribution >= 0.6 is 11.3 Å². The van der Waals surface area contributed by atoms with Crippen molar-refractivity contribution >= 4 is 33.2 Å². The average Bonchev–Trinajstić information content (AvgIpc) is 3.30. The summed E-state index contributed by atoms with van der Waals surface area (Å²) in [5.41, 5.74) is 4.96. The first kappa shape index (κ1) is 20.5. The number of hydrogen-bond acceptors (Lipinski definition) is 7. The van der Waals surface area contributed by atoms with Crippen molar-refractivity contribution < 1.29 is 22.4 Å². The predicted octanol–water partition coefficient (Wildman–Crippen LogP) is 1.28. The Bertz CT molecular complexity index is 995. The molecule has 2 aromatic heterocycles. The van der Waals surface area contributed by atoms with Gasteiger partial charge in [-0.2, -0.15) is 4.31 Å². The summed E-state index contributed by atoms with van der Waals surface area (Å²) in [7, 11) is -3.89. The van der Waals surface area contributed by atoms with Crippen molar-refractivity contribution in [1.82, 2.24) is 14.2 Å². The number of nitrogens with two attached hydrogens (primary N) is 1. The van der Waals surface area contributed by atoms with Crippen molar-refractivity contribution in [3.05, 3.63) is 34.0 Å². The van der Waals surface area contributed by atoms with Gasteiger partial charge in [-0.15, -0.1) is 11.3 Å². The SMILES string of the molecule is CC(C)(C)c1ncc(C(=O)N2CCN(S(=O)(=O)c3ccc(C(N)=O)o3)CC2)s1. The maximum atomic E-state index is 12.7. The van der Waals surface area contributed by atoms with E-state index < -0.39 is 15.9 Å². The van der Waals surface area contributed by atoms with Gasteiger partial charge >= 0.3 is 0 Å². The van der Waals surface area contributed by atoms with E-state index >= 15 is 0 Å². The molecule has 0 atom stereocenters. The standard InChI is InChI=1S/C17H22N4O5S2/c1-17(2,3)16-19-10-12(27-16)15(23)20-6-8-21(9-7-20)28(24,25)13-5-4-11(26-13)14(18)22/h4-5,10H,6-9H2,1-3H3,(H2,18,22). The number of sulfonamides is 1. The number of piperazine rings is 1. The van der Waals surface area contributed by atoms with Crippen molar-refractivity contribution in [3.8, 4) is 0 Å². The Kier molecular flexibility index (Phi) is 5.34. The quantitative estimate of drug-likeness (QED) is 0.785. The largest absolute Gasteiger partial charge is 0.438 e. The highest BCUT2D eigenvalue weighted by Crippen LogP contribution is 2.28. The van der Waals surface area contributed by atoms with Crippen LogP contribution in [0.3, 0.4) is 0 Å². The number of primary amides is 1. The van der Waals surface area contributed by atoms with Gasteiger partial charge in [0.25, 0.3) is 21.8 Å². The summed E-state index contributed by atoms with van der Waals surface area (Å²) < 4.78 is 31.6. The molecule has 1 saturated heterocycles. The number of rotatable bonds is 4. The Balaban J connectivity index is 1.67. The Morgan fingerprint density at radius 3 is 2.32 bits per heavy atom. The molecule has 2 amide bonds. The van der Waals surface area contributed by atoms with E-state index in [0.29, 0.717) is 4.88 Å². The number of thiazole rings is 1. The lowest BCUT2D eigenvalue weighted by atomic mass is 9.98. The van der Waals surface area contributed by atoms with E-state index in [9.17, 15) is 18.0 Å². The minimum absolute atomic E-state index is 0.131. The van der Waals surface area contributed by atoms with E-state index in [0.717, 1.165) is 5.01 Å². The van der Waals surface area contributed by atoms with Gasteiger partial charge in [0, 0.05) is 31.6 Å². The molecule has 2 N–H and O–H groups in total. The third-order valence-electron chi connectivity index (χ3n) is 4.30. The third-order valence-corrected chi connectivity index (χ3v) is 7.49. The van der Waals surface area contributed by atoms with Crippen LogP contribution in [0, 0.1) is 0 Å². The van der Waals surface area contributed by atoms with Crippen molar-refractivity contribution in [2.45, 2.75) is 31.3 Å². The number of carbonyl (C=O) groups excluding carboxylic acids is 2. The predicted molar refractivity (Wildman–Crippen MR) is 103 cm³/mol. The molecule has 9 nitrogen and oxygen atoms in total. The molecular weight excluding hydrogens is 404 g/mol. The van der Waals surface area contributed by atoms with E-state index in [1.54, 1.807) is 11.1 Å². The van der Waals surface area contributed by atoms with Crippen LogP contribution in [-0.2, 0) is 15.4 Å². The van der Waals surface area contributed by atoms with E-state index in [1.165, 1.54) is 27.8 Å². The normalized spacial score (nSPS) is 16.3. The number of furan rings is 1. The van der Waals surface area contributed by atoms with Crippen molar-refractivity contribution in [3.63, 3.8) is 0 Å². The molecule has 0 spiro atoms. The van der Waals surface area contributed by atoms with Crippen LogP contribution in [0.15, 0.2) is 27.8 Å². The highest BCUT2D eigenvalue weighted by molar-refractivity contribution is 7.89. The second kappa shape index (κ2) is 7.30. The summed E-state index contributed by atoms with van der Waals surface area (Å²) in [6.07, 6.45) is 1.57. The minimum Gasteiger partial charge on any atom is -0.438 e. The van der Waals surface area contributed by atoms with Gasteiger partial charge in [0.15, 0.2) is 5.76 Å². The Morgan fingerprint density at radius 1 is 1.18 bits per heavy atom. The molecule has 1 fully saturated rings. The number of carbonyl (C=O) groups is 2. The molecule has 0 saturated carbocycles. The lowest BCUT2D eigenvalue weighted by Gasteiger charge is -2.33. The second-order valence-electron chi connectivity index (χ2n) is 7.46. The Morgan fingerprint density at radius 2 is 1.82 bits per heavy atom. The summed E-state index contributed by atoms with van der Waals surface area (Å²) in [4.78, 5) is 30.3. The lowest BCUT2D eigenvalue weighted by molar-refractivity contribution is 0.0701. The summed E-state index contributed by atoms with van der Waals surface area (Å²) in [6, 6.07) is 2.43. The Hall–Kier alpha value is -2.24. The zero-order chi connectivity index (χ0) is 20.7. The van der Waals surface area contributed by atoms with Gasteiger partial charge in [-0.3, -0.25) is 9.59 Å². The number of nitrogens with zero attached hydrogens (tertiary/aromatic N) is 3. The van der Waals surface area contributed by atoms with E-state index in [-0.39, 0.29) is 48.4 Å². The molecule has 0 bridgehead atoms. The maximum Gasteiger partial charge on any atom is 0.284 e. The number of amides is 2. The van der Waals surface area contributed by atoms with Crippen LogP contribution < -0.4 is 5.73 Å². The maximum absolute atomic E-state index is 12.7. The molecule has 0 aliphatic carbocycles. The molecule has 1 aliphatic heterocycles. The molecule has 3 rings (SSSR count). The van der Waals surface area contributed by atoms with E-state index in [2.05, 4.69) is 4.98 Å². The summed E-state index contributed by atoms with van der Waals surface area (Å²) in [5.74, 6) is -1.21. The highest BCUT2D eigenvalue weighted by Gasteiger charge is 2.33. The Labute approximate surface area is 167 Å². The van der Waals surface area contributed by atoms with Crippen LogP contribution in [0.4, 0.5) is 0 Å². The van der Waals surface area contributed by atoms with E-state index in [1.807, 2.05) is 20.8 Å². The molecule has 3 heterocycles. The molecule has 0 aromatic carbocycles. The molecule has 11 heteroatoms. The van der Waals surface area contributed by atoms with Gasteiger partial charge in [-0.05, 0) is 12.1 Å². The van der Waals surface area contributed by atoms with Gasteiger partial charge < -0.3 is 15.1 Å². The zero-order valence-corrected chi connectivity index (χ0v) is 17.5. The summed E-state index contributed by atoms with van der Waals surface area (Å²) >= 11 is 1.36. The molecule has 152 valence electrons. The van der Waals surface area contributed by atoms with Gasteiger partial charge in [0.2, 0.25) is 5.09 Å². The van der Waals surface area contributed by atoms with Crippen molar-refractivity contribution in [2.75, 3.05) is 26.2 Å². The van der Waals surface area contributed by atoms with Crippen LogP contribution in [0.5, 0.6) is 0 Å². The summed E-state index contributed by atoms with van der Waals surface area (Å²) in [5, 5.41) is 0.540. The first-order chi connectivity index (χ1) is 13.0. The van der Waals surface area contributed by atoms with Gasteiger partial charge in [0.1, 0.15) is 4.88 Å². The van der Waals surface area contributed by atoms with Gasteiger partial charge in [-0.25, -0.2) is 13.4 Å². The highest BCUT2D eigenvalue weighted by atomic mass is 32.2. The van der Waals surface area contributed by atoms with Crippen molar-refractivity contribution in [1.29, 1.82) is 0 Å². The molecule has 0 unspecified atom stereocenters. The number of hydrogen-bond donors (Lipinski definition) is 1. The van der Waals surface area contributed by atoms with Crippen molar-refractivity contribution in [2.24, 2.45) is 5.73 Å². The molecular formula is C17H22N4O5S2. The second-order valence-corrected chi connectivity index (χ2v) is 10.4. The fourth-order valence-electron chi connectivity index (χ4n) is 2.73.